The van der Waals surface area contributed by atoms with Gasteiger partial charge in [0.25, 0.3) is 5.91 Å². The second kappa shape index (κ2) is 8.98. The molecule has 4 rings (SSSR count). The molecule has 3 N–H and O–H groups in total. The fraction of sp³-hybridized carbons (Fsp3) is 0.136. The highest BCUT2D eigenvalue weighted by atomic mass is 16.2. The predicted molar refractivity (Wildman–Crippen MR) is 115 cm³/mol. The van der Waals surface area contributed by atoms with Crippen molar-refractivity contribution in [3.05, 3.63) is 60.2 Å². The fourth-order valence-electron chi connectivity index (χ4n) is 3.23. The van der Waals surface area contributed by atoms with Gasteiger partial charge in [-0.05, 0) is 42.3 Å². The van der Waals surface area contributed by atoms with Crippen LogP contribution in [-0.4, -0.2) is 51.0 Å². The lowest BCUT2D eigenvalue weighted by Gasteiger charge is -2.11. The zero-order valence-corrected chi connectivity index (χ0v) is 17.2. The van der Waals surface area contributed by atoms with Gasteiger partial charge in [0, 0.05) is 55.4 Å². The first kappa shape index (κ1) is 21.4. The standard InChI is InChI=1S/C21H20N6O.CO2/c1-12-9-26-20-18(12)15(6-7-23-20)14-8-16(19(22)25-11-14)17-5-4-13(10-24-17)21(28)27(2)3;2-1-3/h4-11H,1-3H3,(H2,22,25)(H,23,26);. The molecule has 9 heteroatoms. The summed E-state index contributed by atoms with van der Waals surface area (Å²) in [6.07, 6.45) is 7.27. The lowest BCUT2D eigenvalue weighted by Crippen LogP contribution is -2.21. The van der Waals surface area contributed by atoms with Crippen molar-refractivity contribution in [1.29, 1.82) is 0 Å². The smallest absolute Gasteiger partial charge is 0.373 e. The molecular weight excluding hydrogens is 396 g/mol. The van der Waals surface area contributed by atoms with Gasteiger partial charge in [-0.2, -0.15) is 9.59 Å². The topological polar surface area (TPSA) is 135 Å². The number of carbonyl (C=O) groups excluding carboxylic acids is 3. The predicted octanol–water partition coefficient (Wildman–Crippen LogP) is 2.70. The molecule has 0 bridgehead atoms. The summed E-state index contributed by atoms with van der Waals surface area (Å²) in [6, 6.07) is 7.47. The Morgan fingerprint density at radius 1 is 1.06 bits per heavy atom. The number of carbonyl (C=O) groups is 1. The van der Waals surface area contributed by atoms with Crippen molar-refractivity contribution in [2.45, 2.75) is 6.92 Å². The SMILES string of the molecule is Cc1c[nH]c2nccc(-c3cnc(N)c(-c4ccc(C(=O)N(C)C)cn4)c3)c12.O=C=O. The Morgan fingerprint density at radius 3 is 2.45 bits per heavy atom. The number of rotatable bonds is 3. The monoisotopic (exact) mass is 416 g/mol. The van der Waals surface area contributed by atoms with Crippen molar-refractivity contribution < 1.29 is 14.4 Å². The molecule has 4 aromatic heterocycles. The molecule has 156 valence electrons. The van der Waals surface area contributed by atoms with E-state index in [1.54, 1.807) is 44.8 Å². The minimum Gasteiger partial charge on any atom is -0.383 e. The summed E-state index contributed by atoms with van der Waals surface area (Å²) in [4.78, 5) is 46.2. The number of H-pyrrole nitrogens is 1. The molecule has 0 atom stereocenters. The van der Waals surface area contributed by atoms with Crippen LogP contribution in [0.3, 0.4) is 0 Å². The van der Waals surface area contributed by atoms with Gasteiger partial charge in [-0.3, -0.25) is 9.78 Å². The van der Waals surface area contributed by atoms with E-state index in [0.29, 0.717) is 17.1 Å². The van der Waals surface area contributed by atoms with Crippen LogP contribution in [0.25, 0.3) is 33.4 Å². The van der Waals surface area contributed by atoms with E-state index in [2.05, 4.69) is 19.9 Å². The van der Waals surface area contributed by atoms with Crippen LogP contribution in [0.15, 0.2) is 49.1 Å². The summed E-state index contributed by atoms with van der Waals surface area (Å²) >= 11 is 0. The van der Waals surface area contributed by atoms with Gasteiger partial charge in [0.2, 0.25) is 0 Å². The lowest BCUT2D eigenvalue weighted by atomic mass is 10.0. The van der Waals surface area contributed by atoms with Crippen LogP contribution >= 0.6 is 0 Å². The Bertz CT molecular complexity index is 1270. The molecule has 0 radical (unpaired) electrons. The molecule has 4 heterocycles. The highest BCUT2D eigenvalue weighted by Gasteiger charge is 2.14. The van der Waals surface area contributed by atoms with Gasteiger partial charge >= 0.3 is 6.15 Å². The van der Waals surface area contributed by atoms with Crippen molar-refractivity contribution in [3.8, 4) is 22.4 Å². The van der Waals surface area contributed by atoms with Crippen LogP contribution in [-0.2, 0) is 9.59 Å². The van der Waals surface area contributed by atoms with Gasteiger partial charge in [-0.25, -0.2) is 9.97 Å². The molecule has 0 fully saturated rings. The summed E-state index contributed by atoms with van der Waals surface area (Å²) in [5, 5.41) is 1.06. The van der Waals surface area contributed by atoms with Crippen LogP contribution in [0.5, 0.6) is 0 Å². The Kier molecular flexibility index (Phi) is 6.18. The van der Waals surface area contributed by atoms with Gasteiger partial charge in [-0.15, -0.1) is 0 Å². The molecule has 4 aromatic rings. The molecule has 0 spiro atoms. The molecular formula is C22H20N6O3. The van der Waals surface area contributed by atoms with E-state index < -0.39 is 0 Å². The fourth-order valence-corrected chi connectivity index (χ4v) is 3.23. The van der Waals surface area contributed by atoms with Crippen molar-refractivity contribution in [2.24, 2.45) is 0 Å². The highest BCUT2D eigenvalue weighted by Crippen LogP contribution is 2.33. The molecule has 1 amide bonds. The van der Waals surface area contributed by atoms with Crippen LogP contribution in [0, 0.1) is 6.92 Å². The molecule has 0 aliphatic rings. The molecule has 0 aliphatic carbocycles. The summed E-state index contributed by atoms with van der Waals surface area (Å²) in [5.74, 6) is 0.292. The first-order chi connectivity index (χ1) is 14.9. The van der Waals surface area contributed by atoms with E-state index in [1.165, 1.54) is 4.90 Å². The van der Waals surface area contributed by atoms with E-state index in [4.69, 9.17) is 15.3 Å². The second-order valence-electron chi connectivity index (χ2n) is 6.93. The van der Waals surface area contributed by atoms with Crippen molar-refractivity contribution in [1.82, 2.24) is 24.8 Å². The zero-order valence-electron chi connectivity index (χ0n) is 17.2. The first-order valence-electron chi connectivity index (χ1n) is 9.23. The number of aryl methyl sites for hydroxylation is 1. The number of hydrogen-bond acceptors (Lipinski definition) is 7. The normalized spacial score (nSPS) is 10.2. The van der Waals surface area contributed by atoms with Crippen molar-refractivity contribution >= 4 is 28.9 Å². The van der Waals surface area contributed by atoms with Crippen LogP contribution in [0.1, 0.15) is 15.9 Å². The van der Waals surface area contributed by atoms with Crippen molar-refractivity contribution in [3.63, 3.8) is 0 Å². The number of pyridine rings is 3. The Labute approximate surface area is 178 Å². The average molecular weight is 416 g/mol. The van der Waals surface area contributed by atoms with Gasteiger partial charge in [-0.1, -0.05) is 0 Å². The van der Waals surface area contributed by atoms with E-state index in [9.17, 15) is 4.79 Å². The molecule has 0 saturated heterocycles. The maximum absolute atomic E-state index is 12.1. The molecule has 0 aliphatic heterocycles. The number of aromatic nitrogens is 4. The molecule has 0 aromatic carbocycles. The maximum Gasteiger partial charge on any atom is 0.373 e. The summed E-state index contributed by atoms with van der Waals surface area (Å²) in [6.45, 7) is 2.04. The Balaban J connectivity index is 0.000000858. The number of nitrogens with one attached hydrogen (secondary N) is 1. The molecule has 0 saturated carbocycles. The number of amides is 1. The maximum atomic E-state index is 12.1. The highest BCUT2D eigenvalue weighted by molar-refractivity contribution is 5.96. The third kappa shape index (κ3) is 4.31. The van der Waals surface area contributed by atoms with Gasteiger partial charge < -0.3 is 15.6 Å². The molecule has 31 heavy (non-hydrogen) atoms. The van der Waals surface area contributed by atoms with Gasteiger partial charge in [0.15, 0.2) is 0 Å². The number of anilines is 1. The van der Waals surface area contributed by atoms with Crippen LogP contribution < -0.4 is 5.73 Å². The van der Waals surface area contributed by atoms with Crippen LogP contribution in [0.2, 0.25) is 0 Å². The number of hydrogen-bond donors (Lipinski definition) is 2. The lowest BCUT2D eigenvalue weighted by molar-refractivity contribution is -0.191. The number of nitrogens with two attached hydrogens (primary N) is 1. The minimum atomic E-state index is -0.0963. The van der Waals surface area contributed by atoms with E-state index >= 15 is 0 Å². The number of nitrogen functional groups attached to an aromatic ring is 1. The summed E-state index contributed by atoms with van der Waals surface area (Å²) in [7, 11) is 3.42. The Hall–Kier alpha value is -4.36. The van der Waals surface area contributed by atoms with E-state index in [1.807, 2.05) is 25.3 Å². The third-order valence-corrected chi connectivity index (χ3v) is 4.69. The molecule has 9 nitrogen and oxygen atoms in total. The second-order valence-corrected chi connectivity index (χ2v) is 6.93. The van der Waals surface area contributed by atoms with Crippen LogP contribution in [0.4, 0.5) is 5.82 Å². The number of fused-ring (bicyclic) bond motifs is 1. The average Bonchev–Trinajstić information content (AvgIpc) is 3.15. The van der Waals surface area contributed by atoms with Gasteiger partial charge in [0.1, 0.15) is 11.5 Å². The quantitative estimate of drug-likeness (QED) is 0.524. The first-order valence-corrected chi connectivity index (χ1v) is 9.23. The zero-order chi connectivity index (χ0) is 22.5. The summed E-state index contributed by atoms with van der Waals surface area (Å²) in [5.41, 5.74) is 11.9. The third-order valence-electron chi connectivity index (χ3n) is 4.69. The largest absolute Gasteiger partial charge is 0.383 e. The summed E-state index contributed by atoms with van der Waals surface area (Å²) < 4.78 is 0. The van der Waals surface area contributed by atoms with Crippen molar-refractivity contribution in [2.75, 3.05) is 19.8 Å². The van der Waals surface area contributed by atoms with E-state index in [0.717, 1.165) is 33.3 Å². The van der Waals surface area contributed by atoms with E-state index in [-0.39, 0.29) is 12.1 Å². The molecule has 0 unspecified atom stereocenters. The Morgan fingerprint density at radius 2 is 1.81 bits per heavy atom. The minimum absolute atomic E-state index is 0.0963. The number of nitrogens with zero attached hydrogens (tertiary/aromatic N) is 4. The number of aromatic amines is 1. The van der Waals surface area contributed by atoms with Gasteiger partial charge in [0.05, 0.1) is 11.3 Å².